The zero-order valence-corrected chi connectivity index (χ0v) is 12.6. The van der Waals surface area contributed by atoms with Crippen LogP contribution in [0.3, 0.4) is 0 Å². The Morgan fingerprint density at radius 3 is 2.62 bits per heavy atom. The molecule has 0 unspecified atom stereocenters. The van der Waals surface area contributed by atoms with E-state index in [0.717, 1.165) is 25.9 Å². The van der Waals surface area contributed by atoms with Gasteiger partial charge in [-0.2, -0.15) is 0 Å². The molecule has 1 aliphatic rings. The fourth-order valence-corrected chi connectivity index (χ4v) is 2.59. The molecule has 4 N–H and O–H groups in total. The molecule has 0 spiro atoms. The van der Waals surface area contributed by atoms with Crippen molar-refractivity contribution in [3.8, 4) is 11.5 Å². The predicted octanol–water partition coefficient (Wildman–Crippen LogP) is 1.73. The first-order valence-electron chi connectivity index (χ1n) is 6.56. The molecule has 0 aromatic heterocycles. The summed E-state index contributed by atoms with van der Waals surface area (Å²) in [6.45, 7) is 1.73. The highest BCUT2D eigenvalue weighted by molar-refractivity contribution is 5.85. The third-order valence-electron chi connectivity index (χ3n) is 3.77. The van der Waals surface area contributed by atoms with Crippen molar-refractivity contribution < 1.29 is 14.8 Å². The standard InChI is InChI=1S/C13H19N3O4.ClH/c1-20-11-7-9(16(18)19)6-10(13(11)17)12(14)8-2-4-15-5-3-8;/h6-8,12,15,17H,2-5,14H2,1H3;1H/t12-;/m1./s1. The second kappa shape index (κ2) is 7.44. The van der Waals surface area contributed by atoms with Gasteiger partial charge in [-0.05, 0) is 31.8 Å². The first kappa shape index (κ1) is 17.5. The summed E-state index contributed by atoms with van der Waals surface area (Å²) in [6.07, 6.45) is 1.76. The molecule has 118 valence electrons. The maximum absolute atomic E-state index is 10.9. The number of nitrogens with two attached hydrogens (primary N) is 1. The number of rotatable bonds is 4. The minimum absolute atomic E-state index is 0. The van der Waals surface area contributed by atoms with E-state index in [2.05, 4.69) is 5.32 Å². The van der Waals surface area contributed by atoms with Crippen LogP contribution in [0.4, 0.5) is 5.69 Å². The van der Waals surface area contributed by atoms with Gasteiger partial charge in [0.2, 0.25) is 0 Å². The van der Waals surface area contributed by atoms with Crippen LogP contribution in [-0.2, 0) is 0 Å². The number of hydrogen-bond acceptors (Lipinski definition) is 6. The number of non-ortho nitro benzene ring substituents is 1. The lowest BCUT2D eigenvalue weighted by molar-refractivity contribution is -0.385. The summed E-state index contributed by atoms with van der Waals surface area (Å²) in [5.74, 6) is 0.163. The van der Waals surface area contributed by atoms with Crippen molar-refractivity contribution in [1.29, 1.82) is 0 Å². The Kier molecular flexibility index (Phi) is 6.19. The lowest BCUT2D eigenvalue weighted by atomic mass is 9.86. The maximum atomic E-state index is 10.9. The van der Waals surface area contributed by atoms with E-state index in [-0.39, 0.29) is 35.5 Å². The third-order valence-corrected chi connectivity index (χ3v) is 3.77. The number of phenolic OH excluding ortho intramolecular Hbond substituents is 1. The van der Waals surface area contributed by atoms with Crippen LogP contribution in [0.1, 0.15) is 24.4 Å². The molecule has 1 aliphatic heterocycles. The summed E-state index contributed by atoms with van der Waals surface area (Å²) in [5.41, 5.74) is 6.45. The monoisotopic (exact) mass is 317 g/mol. The van der Waals surface area contributed by atoms with Crippen molar-refractivity contribution in [3.05, 3.63) is 27.8 Å². The highest BCUT2D eigenvalue weighted by Gasteiger charge is 2.27. The van der Waals surface area contributed by atoms with E-state index in [0.29, 0.717) is 5.56 Å². The van der Waals surface area contributed by atoms with Gasteiger partial charge in [0.05, 0.1) is 18.1 Å². The second-order valence-corrected chi connectivity index (χ2v) is 4.96. The number of halogens is 1. The maximum Gasteiger partial charge on any atom is 0.273 e. The van der Waals surface area contributed by atoms with Gasteiger partial charge in [-0.3, -0.25) is 10.1 Å². The molecule has 1 saturated heterocycles. The summed E-state index contributed by atoms with van der Waals surface area (Å²) in [7, 11) is 1.36. The van der Waals surface area contributed by atoms with Crippen LogP contribution in [0.15, 0.2) is 12.1 Å². The van der Waals surface area contributed by atoms with Crippen LogP contribution in [0.25, 0.3) is 0 Å². The quantitative estimate of drug-likeness (QED) is 0.576. The Balaban J connectivity index is 0.00000220. The number of ether oxygens (including phenoxy) is 1. The Morgan fingerprint density at radius 2 is 2.10 bits per heavy atom. The number of benzene rings is 1. The molecule has 0 saturated carbocycles. The van der Waals surface area contributed by atoms with Crippen LogP contribution in [-0.4, -0.2) is 30.2 Å². The molecule has 1 fully saturated rings. The normalized spacial score (nSPS) is 16.9. The minimum atomic E-state index is -0.513. The van der Waals surface area contributed by atoms with Crippen molar-refractivity contribution in [2.24, 2.45) is 11.7 Å². The van der Waals surface area contributed by atoms with E-state index >= 15 is 0 Å². The van der Waals surface area contributed by atoms with Gasteiger partial charge >= 0.3 is 0 Å². The van der Waals surface area contributed by atoms with Gasteiger partial charge in [0.1, 0.15) is 0 Å². The van der Waals surface area contributed by atoms with Crippen molar-refractivity contribution in [3.63, 3.8) is 0 Å². The van der Waals surface area contributed by atoms with Gasteiger partial charge in [0.15, 0.2) is 11.5 Å². The molecule has 1 aromatic rings. The van der Waals surface area contributed by atoms with E-state index in [9.17, 15) is 15.2 Å². The summed E-state index contributed by atoms with van der Waals surface area (Å²) in [4.78, 5) is 10.4. The summed E-state index contributed by atoms with van der Waals surface area (Å²) < 4.78 is 4.99. The van der Waals surface area contributed by atoms with Crippen molar-refractivity contribution in [2.75, 3.05) is 20.2 Å². The van der Waals surface area contributed by atoms with Crippen LogP contribution < -0.4 is 15.8 Å². The van der Waals surface area contributed by atoms with E-state index in [1.54, 1.807) is 0 Å². The average Bonchev–Trinajstić information content (AvgIpc) is 2.47. The lowest BCUT2D eigenvalue weighted by Crippen LogP contribution is -2.33. The highest BCUT2D eigenvalue weighted by atomic mass is 35.5. The molecule has 7 nitrogen and oxygen atoms in total. The molecule has 0 aliphatic carbocycles. The first-order valence-corrected chi connectivity index (χ1v) is 6.56. The number of nitrogens with one attached hydrogen (secondary N) is 1. The SMILES string of the molecule is COc1cc([N+](=O)[O-])cc([C@H](N)C2CCNCC2)c1O.Cl. The van der Waals surface area contributed by atoms with Gasteiger partial charge in [0.25, 0.3) is 5.69 Å². The molecule has 0 radical (unpaired) electrons. The number of methoxy groups -OCH3 is 1. The summed E-state index contributed by atoms with van der Waals surface area (Å²) in [5, 5.41) is 24.3. The van der Waals surface area contributed by atoms with E-state index < -0.39 is 11.0 Å². The van der Waals surface area contributed by atoms with Crippen LogP contribution >= 0.6 is 12.4 Å². The molecule has 1 aromatic carbocycles. The zero-order valence-electron chi connectivity index (χ0n) is 11.7. The number of nitrogens with zero attached hydrogens (tertiary/aromatic N) is 1. The Hall–Kier alpha value is -1.57. The average molecular weight is 318 g/mol. The van der Waals surface area contributed by atoms with Gasteiger partial charge < -0.3 is 20.9 Å². The van der Waals surface area contributed by atoms with Crippen molar-refractivity contribution in [1.82, 2.24) is 5.32 Å². The van der Waals surface area contributed by atoms with Gasteiger partial charge in [-0.15, -0.1) is 12.4 Å². The fourth-order valence-electron chi connectivity index (χ4n) is 2.59. The Morgan fingerprint density at radius 1 is 1.48 bits per heavy atom. The number of nitro groups is 1. The van der Waals surface area contributed by atoms with Crippen molar-refractivity contribution in [2.45, 2.75) is 18.9 Å². The molecule has 1 heterocycles. The second-order valence-electron chi connectivity index (χ2n) is 4.96. The summed E-state index contributed by atoms with van der Waals surface area (Å²) in [6, 6.07) is 2.10. The third kappa shape index (κ3) is 3.75. The van der Waals surface area contributed by atoms with Gasteiger partial charge in [-0.1, -0.05) is 0 Å². The number of nitro benzene ring substituents is 1. The predicted molar refractivity (Wildman–Crippen MR) is 81.1 cm³/mol. The topological polar surface area (TPSA) is 111 Å². The molecule has 2 rings (SSSR count). The zero-order chi connectivity index (χ0) is 14.7. The Labute approximate surface area is 129 Å². The molecule has 0 bridgehead atoms. The fraction of sp³-hybridized carbons (Fsp3) is 0.538. The number of aromatic hydroxyl groups is 1. The molecule has 8 heteroatoms. The largest absolute Gasteiger partial charge is 0.504 e. The van der Waals surface area contributed by atoms with Gasteiger partial charge in [0, 0.05) is 17.7 Å². The van der Waals surface area contributed by atoms with Crippen LogP contribution in [0.2, 0.25) is 0 Å². The van der Waals surface area contributed by atoms with Gasteiger partial charge in [-0.25, -0.2) is 0 Å². The molecular formula is C13H20ClN3O4. The summed E-state index contributed by atoms with van der Waals surface area (Å²) >= 11 is 0. The smallest absolute Gasteiger partial charge is 0.273 e. The number of hydrogen-bond donors (Lipinski definition) is 3. The first-order chi connectivity index (χ1) is 9.54. The van der Waals surface area contributed by atoms with E-state index in [4.69, 9.17) is 10.5 Å². The van der Waals surface area contributed by atoms with E-state index in [1.165, 1.54) is 19.2 Å². The minimum Gasteiger partial charge on any atom is -0.504 e. The molecule has 1 atom stereocenters. The highest BCUT2D eigenvalue weighted by Crippen LogP contribution is 2.40. The number of piperidine rings is 1. The van der Waals surface area contributed by atoms with Crippen LogP contribution in [0.5, 0.6) is 11.5 Å². The van der Waals surface area contributed by atoms with Crippen LogP contribution in [0, 0.1) is 16.0 Å². The molecule has 0 amide bonds. The van der Waals surface area contributed by atoms with Crippen molar-refractivity contribution >= 4 is 18.1 Å². The van der Waals surface area contributed by atoms with E-state index in [1.807, 2.05) is 0 Å². The lowest BCUT2D eigenvalue weighted by Gasteiger charge is -2.28. The molecule has 21 heavy (non-hydrogen) atoms. The molecular weight excluding hydrogens is 298 g/mol. The number of phenols is 1. The Bertz CT molecular complexity index is 506.